The summed E-state index contributed by atoms with van der Waals surface area (Å²) in [6.45, 7) is 3.19. The first-order valence-electron chi connectivity index (χ1n) is 7.09. The van der Waals surface area contributed by atoms with Crippen molar-refractivity contribution in [2.75, 3.05) is 13.2 Å². The Bertz CT molecular complexity index is 734. The van der Waals surface area contributed by atoms with Crippen molar-refractivity contribution in [1.29, 1.82) is 0 Å². The van der Waals surface area contributed by atoms with Gasteiger partial charge in [-0.1, -0.05) is 24.3 Å². The molecule has 0 spiro atoms. The van der Waals surface area contributed by atoms with Gasteiger partial charge < -0.3 is 15.5 Å². The van der Waals surface area contributed by atoms with Crippen molar-refractivity contribution >= 4 is 11.2 Å². The van der Waals surface area contributed by atoms with Crippen LogP contribution in [-0.2, 0) is 6.42 Å². The fourth-order valence-corrected chi connectivity index (χ4v) is 2.24. The molecule has 0 aliphatic heterocycles. The number of hydrogen-bond acceptors (Lipinski definition) is 4. The summed E-state index contributed by atoms with van der Waals surface area (Å²) in [6, 6.07) is 12.0. The van der Waals surface area contributed by atoms with Crippen LogP contribution in [0.4, 0.5) is 0 Å². The number of benzene rings is 1. The Morgan fingerprint density at radius 2 is 1.90 bits per heavy atom. The zero-order valence-electron chi connectivity index (χ0n) is 12.0. The highest BCUT2D eigenvalue weighted by molar-refractivity contribution is 5.76. The van der Waals surface area contributed by atoms with E-state index in [0.717, 1.165) is 23.3 Å². The summed E-state index contributed by atoms with van der Waals surface area (Å²) in [7, 11) is 0. The van der Waals surface area contributed by atoms with Crippen LogP contribution in [0.5, 0.6) is 5.88 Å². The summed E-state index contributed by atoms with van der Waals surface area (Å²) in [5.41, 5.74) is 9.40. The molecule has 5 nitrogen and oxygen atoms in total. The van der Waals surface area contributed by atoms with Crippen LogP contribution in [0, 0.1) is 0 Å². The molecule has 3 aromatic rings. The van der Waals surface area contributed by atoms with E-state index in [1.165, 1.54) is 5.56 Å². The van der Waals surface area contributed by atoms with Gasteiger partial charge in [0.05, 0.1) is 12.1 Å². The van der Waals surface area contributed by atoms with Crippen LogP contribution >= 0.6 is 0 Å². The third-order valence-corrected chi connectivity index (χ3v) is 3.27. The first kappa shape index (κ1) is 13.6. The Morgan fingerprint density at radius 1 is 1.10 bits per heavy atom. The zero-order valence-corrected chi connectivity index (χ0v) is 12.0. The molecule has 3 N–H and O–H groups in total. The smallest absolute Gasteiger partial charge is 0.215 e. The van der Waals surface area contributed by atoms with E-state index in [9.17, 15) is 0 Å². The lowest BCUT2D eigenvalue weighted by molar-refractivity contribution is 0.328. The number of nitrogens with zero attached hydrogens (tertiary/aromatic N) is 2. The van der Waals surface area contributed by atoms with Gasteiger partial charge in [-0.3, -0.25) is 0 Å². The molecule has 2 heterocycles. The second-order valence-electron chi connectivity index (χ2n) is 4.77. The molecule has 21 heavy (non-hydrogen) atoms. The molecule has 0 amide bonds. The Balaban J connectivity index is 1.92. The van der Waals surface area contributed by atoms with Gasteiger partial charge in [0, 0.05) is 11.6 Å². The average Bonchev–Trinajstić information content (AvgIpc) is 2.92. The molecule has 0 aliphatic rings. The average molecular weight is 282 g/mol. The molecule has 5 heteroatoms. The maximum absolute atomic E-state index is 5.56. The second-order valence-corrected chi connectivity index (χ2v) is 4.77. The number of pyridine rings is 1. The molecule has 0 radical (unpaired) electrons. The number of imidazole rings is 1. The fourth-order valence-electron chi connectivity index (χ4n) is 2.24. The van der Waals surface area contributed by atoms with Crippen LogP contribution in [-0.4, -0.2) is 28.1 Å². The standard InChI is InChI=1S/C16H18N4O/c1-2-21-14-8-7-13-16(19-14)20-15(18-13)12-5-3-11(4-6-12)9-10-17/h3-8H,2,9-10,17H2,1H3,(H,18,19,20). The van der Waals surface area contributed by atoms with E-state index >= 15 is 0 Å². The molecular formula is C16H18N4O. The molecule has 0 atom stereocenters. The van der Waals surface area contributed by atoms with Crippen molar-refractivity contribution in [2.24, 2.45) is 5.73 Å². The molecule has 0 aliphatic carbocycles. The maximum Gasteiger partial charge on any atom is 0.215 e. The molecule has 108 valence electrons. The van der Waals surface area contributed by atoms with Crippen molar-refractivity contribution < 1.29 is 4.74 Å². The highest BCUT2D eigenvalue weighted by Crippen LogP contribution is 2.21. The number of aromatic nitrogens is 3. The van der Waals surface area contributed by atoms with Crippen molar-refractivity contribution in [3.63, 3.8) is 0 Å². The van der Waals surface area contributed by atoms with Crippen LogP contribution in [0.25, 0.3) is 22.6 Å². The van der Waals surface area contributed by atoms with E-state index in [0.29, 0.717) is 24.7 Å². The zero-order chi connectivity index (χ0) is 14.7. The lowest BCUT2D eigenvalue weighted by atomic mass is 10.1. The Morgan fingerprint density at radius 3 is 2.62 bits per heavy atom. The normalized spacial score (nSPS) is 11.0. The number of ether oxygens (including phenoxy) is 1. The number of aromatic amines is 1. The summed E-state index contributed by atoms with van der Waals surface area (Å²) in [5.74, 6) is 1.41. The highest BCUT2D eigenvalue weighted by Gasteiger charge is 2.07. The predicted octanol–water partition coefficient (Wildman–Crippen LogP) is 2.52. The largest absolute Gasteiger partial charge is 0.478 e. The van der Waals surface area contributed by atoms with Gasteiger partial charge in [-0.05, 0) is 31.5 Å². The van der Waals surface area contributed by atoms with E-state index < -0.39 is 0 Å². The molecular weight excluding hydrogens is 264 g/mol. The molecule has 0 fully saturated rings. The van der Waals surface area contributed by atoms with Crippen LogP contribution in [0.3, 0.4) is 0 Å². The van der Waals surface area contributed by atoms with Crippen LogP contribution in [0.2, 0.25) is 0 Å². The summed E-state index contributed by atoms with van der Waals surface area (Å²) in [4.78, 5) is 12.2. The van der Waals surface area contributed by atoms with Gasteiger partial charge in [0.25, 0.3) is 0 Å². The van der Waals surface area contributed by atoms with E-state index in [1.807, 2.05) is 31.2 Å². The van der Waals surface area contributed by atoms with Crippen LogP contribution < -0.4 is 10.5 Å². The van der Waals surface area contributed by atoms with Crippen LogP contribution in [0.1, 0.15) is 12.5 Å². The third kappa shape index (κ3) is 2.87. The monoisotopic (exact) mass is 282 g/mol. The Kier molecular flexibility index (Phi) is 3.83. The van der Waals surface area contributed by atoms with E-state index in [2.05, 4.69) is 27.1 Å². The highest BCUT2D eigenvalue weighted by atomic mass is 16.5. The van der Waals surface area contributed by atoms with Gasteiger partial charge in [-0.2, -0.15) is 4.98 Å². The van der Waals surface area contributed by atoms with Gasteiger partial charge in [0.1, 0.15) is 5.82 Å². The lowest BCUT2D eigenvalue weighted by Crippen LogP contribution is -2.02. The summed E-state index contributed by atoms with van der Waals surface area (Å²) in [5, 5.41) is 0. The molecule has 0 saturated carbocycles. The molecule has 0 unspecified atom stereocenters. The number of H-pyrrole nitrogens is 1. The molecule has 2 aromatic heterocycles. The van der Waals surface area contributed by atoms with Gasteiger partial charge in [-0.15, -0.1) is 0 Å². The van der Waals surface area contributed by atoms with Gasteiger partial charge in [0.2, 0.25) is 5.88 Å². The minimum atomic E-state index is 0.596. The summed E-state index contributed by atoms with van der Waals surface area (Å²) in [6.07, 6.45) is 0.889. The van der Waals surface area contributed by atoms with Crippen molar-refractivity contribution in [3.05, 3.63) is 42.0 Å². The molecule has 0 saturated heterocycles. The van der Waals surface area contributed by atoms with E-state index in [1.54, 1.807) is 0 Å². The summed E-state index contributed by atoms with van der Waals surface area (Å²) >= 11 is 0. The minimum Gasteiger partial charge on any atom is -0.478 e. The minimum absolute atomic E-state index is 0.596. The van der Waals surface area contributed by atoms with Crippen LogP contribution in [0.15, 0.2) is 36.4 Å². The molecule has 1 aromatic carbocycles. The molecule has 3 rings (SSSR count). The predicted molar refractivity (Wildman–Crippen MR) is 83.3 cm³/mol. The van der Waals surface area contributed by atoms with Crippen molar-refractivity contribution in [2.45, 2.75) is 13.3 Å². The lowest BCUT2D eigenvalue weighted by Gasteiger charge is -2.00. The molecule has 0 bridgehead atoms. The number of hydrogen-bond donors (Lipinski definition) is 2. The van der Waals surface area contributed by atoms with E-state index in [4.69, 9.17) is 10.5 Å². The quantitative estimate of drug-likeness (QED) is 0.754. The van der Waals surface area contributed by atoms with Gasteiger partial charge in [-0.25, -0.2) is 4.98 Å². The van der Waals surface area contributed by atoms with Gasteiger partial charge >= 0.3 is 0 Å². The number of fused-ring (bicyclic) bond motifs is 1. The maximum atomic E-state index is 5.56. The first-order chi connectivity index (χ1) is 10.3. The Labute approximate surface area is 123 Å². The number of rotatable bonds is 5. The number of nitrogens with one attached hydrogen (secondary N) is 1. The van der Waals surface area contributed by atoms with Gasteiger partial charge in [0.15, 0.2) is 5.65 Å². The number of nitrogens with two attached hydrogens (primary N) is 1. The third-order valence-electron chi connectivity index (χ3n) is 3.27. The first-order valence-corrected chi connectivity index (χ1v) is 7.09. The SMILES string of the molecule is CCOc1ccc2[nH]c(-c3ccc(CCN)cc3)nc2n1. The van der Waals surface area contributed by atoms with E-state index in [-0.39, 0.29) is 0 Å². The second kappa shape index (κ2) is 5.93. The Hall–Kier alpha value is -2.40. The fraction of sp³-hybridized carbons (Fsp3) is 0.250. The topological polar surface area (TPSA) is 76.8 Å². The summed E-state index contributed by atoms with van der Waals surface area (Å²) < 4.78 is 5.39. The van der Waals surface area contributed by atoms with Crippen molar-refractivity contribution in [3.8, 4) is 17.3 Å². The van der Waals surface area contributed by atoms with Crippen molar-refractivity contribution in [1.82, 2.24) is 15.0 Å².